The van der Waals surface area contributed by atoms with Gasteiger partial charge in [-0.25, -0.2) is 9.97 Å². The molecular formula is C50H29N3S2. The lowest BCUT2D eigenvalue weighted by Gasteiger charge is -2.13. The van der Waals surface area contributed by atoms with E-state index in [9.17, 15) is 0 Å². The Kier molecular flexibility index (Phi) is 6.67. The topological polar surface area (TPSA) is 30.7 Å². The second kappa shape index (κ2) is 11.9. The molecule has 12 rings (SSSR count). The van der Waals surface area contributed by atoms with Crippen LogP contribution < -0.4 is 0 Å². The van der Waals surface area contributed by atoms with Gasteiger partial charge in [0, 0.05) is 46.6 Å². The number of benzene rings is 8. The lowest BCUT2D eigenvalue weighted by atomic mass is 9.93. The van der Waals surface area contributed by atoms with Crippen molar-refractivity contribution >= 4 is 95.7 Å². The highest BCUT2D eigenvalue weighted by molar-refractivity contribution is 7.26. The van der Waals surface area contributed by atoms with Crippen LogP contribution in [-0.2, 0) is 0 Å². The maximum absolute atomic E-state index is 5.62. The van der Waals surface area contributed by atoms with Gasteiger partial charge in [-0.2, -0.15) is 0 Å². The lowest BCUT2D eigenvalue weighted by molar-refractivity contribution is 1.08. The number of fused-ring (bicyclic) bond motifs is 10. The lowest BCUT2D eigenvalue weighted by Crippen LogP contribution is -2.02. The standard InChI is InChI=1S/C50H29N3S2/c1-3-13-30(14-4-1)38-28-41-46(29-39(38)31-15-5-2-6-16-31)55-50-47(41)49(51-48(52-50)34-23-24-37-36-20-10-12-22-44(36)54-45(37)27-34)53-42-21-11-9-19-35(42)40-25-32-17-7-8-18-33(32)26-43(40)53/h1-29H. The summed E-state index contributed by atoms with van der Waals surface area (Å²) in [6, 6.07) is 63.6. The van der Waals surface area contributed by atoms with Crippen LogP contribution in [0.4, 0.5) is 0 Å². The largest absolute Gasteiger partial charge is 0.293 e. The molecule has 0 spiro atoms. The highest BCUT2D eigenvalue weighted by atomic mass is 32.1. The monoisotopic (exact) mass is 735 g/mol. The average molecular weight is 736 g/mol. The van der Waals surface area contributed by atoms with Gasteiger partial charge in [0.2, 0.25) is 0 Å². The van der Waals surface area contributed by atoms with Crippen LogP contribution in [-0.4, -0.2) is 14.5 Å². The van der Waals surface area contributed by atoms with E-state index in [1.54, 1.807) is 11.3 Å². The molecular weight excluding hydrogens is 707 g/mol. The van der Waals surface area contributed by atoms with Crippen LogP contribution in [0.2, 0.25) is 0 Å². The van der Waals surface area contributed by atoms with Gasteiger partial charge in [-0.1, -0.05) is 133 Å². The van der Waals surface area contributed by atoms with Crippen LogP contribution in [0, 0.1) is 0 Å². The number of thiophene rings is 2. The highest BCUT2D eigenvalue weighted by Gasteiger charge is 2.23. The van der Waals surface area contributed by atoms with Crippen LogP contribution in [0.3, 0.4) is 0 Å². The van der Waals surface area contributed by atoms with Gasteiger partial charge in [-0.3, -0.25) is 4.57 Å². The van der Waals surface area contributed by atoms with Gasteiger partial charge in [0.15, 0.2) is 11.6 Å². The van der Waals surface area contributed by atoms with E-state index in [4.69, 9.17) is 9.97 Å². The molecule has 4 aromatic heterocycles. The maximum atomic E-state index is 5.62. The van der Waals surface area contributed by atoms with Crippen molar-refractivity contribution in [3.8, 4) is 39.5 Å². The Morgan fingerprint density at radius 1 is 0.382 bits per heavy atom. The fourth-order valence-corrected chi connectivity index (χ4v) is 10.7. The van der Waals surface area contributed by atoms with Crippen molar-refractivity contribution in [1.29, 1.82) is 0 Å². The Labute approximate surface area is 324 Å². The third-order valence-corrected chi connectivity index (χ3v) is 13.2. The van der Waals surface area contributed by atoms with E-state index >= 15 is 0 Å². The van der Waals surface area contributed by atoms with Crippen molar-refractivity contribution in [1.82, 2.24) is 14.5 Å². The summed E-state index contributed by atoms with van der Waals surface area (Å²) in [4.78, 5) is 12.0. The number of hydrogen-bond donors (Lipinski definition) is 0. The zero-order chi connectivity index (χ0) is 36.0. The van der Waals surface area contributed by atoms with Gasteiger partial charge in [0.05, 0.1) is 16.4 Å². The molecule has 0 saturated heterocycles. The maximum Gasteiger partial charge on any atom is 0.163 e. The highest BCUT2D eigenvalue weighted by Crippen LogP contribution is 2.45. The molecule has 0 unspecified atom stereocenters. The third-order valence-electron chi connectivity index (χ3n) is 11.0. The molecule has 0 fully saturated rings. The number of para-hydroxylation sites is 1. The summed E-state index contributed by atoms with van der Waals surface area (Å²) in [5.41, 5.74) is 8.05. The number of rotatable bonds is 4. The fourth-order valence-electron chi connectivity index (χ4n) is 8.45. The van der Waals surface area contributed by atoms with Crippen LogP contribution in [0.15, 0.2) is 176 Å². The van der Waals surface area contributed by atoms with Gasteiger partial charge in [0.25, 0.3) is 0 Å². The van der Waals surface area contributed by atoms with Crippen LogP contribution >= 0.6 is 22.7 Å². The molecule has 12 aromatic rings. The smallest absolute Gasteiger partial charge is 0.163 e. The average Bonchev–Trinajstić information content (AvgIpc) is 3.91. The van der Waals surface area contributed by atoms with Crippen molar-refractivity contribution in [3.05, 3.63) is 176 Å². The fraction of sp³-hybridized carbons (Fsp3) is 0. The Bertz CT molecular complexity index is 3480. The molecule has 5 heteroatoms. The van der Waals surface area contributed by atoms with Crippen LogP contribution in [0.5, 0.6) is 0 Å². The Morgan fingerprint density at radius 2 is 1.02 bits per heavy atom. The molecule has 0 aliphatic carbocycles. The zero-order valence-electron chi connectivity index (χ0n) is 29.4. The molecule has 4 heterocycles. The molecule has 0 N–H and O–H groups in total. The van der Waals surface area contributed by atoms with Crippen LogP contribution in [0.1, 0.15) is 0 Å². The van der Waals surface area contributed by atoms with Gasteiger partial charge < -0.3 is 0 Å². The normalized spacial score (nSPS) is 12.0. The van der Waals surface area contributed by atoms with E-state index in [1.807, 2.05) is 11.3 Å². The van der Waals surface area contributed by atoms with Crippen molar-refractivity contribution in [2.24, 2.45) is 0 Å². The first-order chi connectivity index (χ1) is 27.2. The first-order valence-electron chi connectivity index (χ1n) is 18.5. The first kappa shape index (κ1) is 30.8. The van der Waals surface area contributed by atoms with Gasteiger partial charge >= 0.3 is 0 Å². The quantitative estimate of drug-likeness (QED) is 0.180. The SMILES string of the molecule is c1ccc(-c2cc3sc4nc(-c5ccc6c(c5)sc5ccccc56)nc(-n5c6ccccc6c6cc7ccccc7cc65)c4c3cc2-c2ccccc2)cc1. The third kappa shape index (κ3) is 4.74. The second-order valence-corrected chi connectivity index (χ2v) is 16.3. The summed E-state index contributed by atoms with van der Waals surface area (Å²) in [5, 5.41) is 9.63. The molecule has 8 aromatic carbocycles. The van der Waals surface area contributed by atoms with Crippen molar-refractivity contribution in [2.45, 2.75) is 0 Å². The Morgan fingerprint density at radius 3 is 1.82 bits per heavy atom. The predicted octanol–water partition coefficient (Wildman–Crippen LogP) is 14.5. The molecule has 256 valence electrons. The molecule has 3 nitrogen and oxygen atoms in total. The molecule has 0 aliphatic heterocycles. The Hall–Kier alpha value is -6.66. The summed E-state index contributed by atoms with van der Waals surface area (Å²) in [7, 11) is 0. The Balaban J connectivity index is 1.22. The molecule has 0 atom stereocenters. The van der Waals surface area contributed by atoms with Crippen LogP contribution in [0.25, 0.3) is 113 Å². The van der Waals surface area contributed by atoms with Crippen molar-refractivity contribution in [2.75, 3.05) is 0 Å². The van der Waals surface area contributed by atoms with Gasteiger partial charge in [0.1, 0.15) is 4.83 Å². The molecule has 0 radical (unpaired) electrons. The summed E-state index contributed by atoms with van der Waals surface area (Å²) in [6.45, 7) is 0. The van der Waals surface area contributed by atoms with E-state index in [2.05, 4.69) is 180 Å². The van der Waals surface area contributed by atoms with E-state index in [0.717, 1.165) is 43.8 Å². The minimum Gasteiger partial charge on any atom is -0.293 e. The van der Waals surface area contributed by atoms with Gasteiger partial charge in [-0.15, -0.1) is 22.7 Å². The van der Waals surface area contributed by atoms with Crippen molar-refractivity contribution < 1.29 is 0 Å². The van der Waals surface area contributed by atoms with Crippen molar-refractivity contribution in [3.63, 3.8) is 0 Å². The first-order valence-corrected chi connectivity index (χ1v) is 20.1. The summed E-state index contributed by atoms with van der Waals surface area (Å²) in [5.74, 6) is 1.63. The minimum atomic E-state index is 0.728. The second-order valence-electron chi connectivity index (χ2n) is 14.2. The molecule has 0 saturated carbocycles. The molecule has 0 amide bonds. The van der Waals surface area contributed by atoms with Gasteiger partial charge in [-0.05, 0) is 75.5 Å². The predicted molar refractivity (Wildman–Crippen MR) is 236 cm³/mol. The van der Waals surface area contributed by atoms with E-state index in [1.165, 1.54) is 68.7 Å². The summed E-state index contributed by atoms with van der Waals surface area (Å²) in [6.07, 6.45) is 0. The number of aromatic nitrogens is 3. The minimum absolute atomic E-state index is 0.728. The van der Waals surface area contributed by atoms with E-state index < -0.39 is 0 Å². The summed E-state index contributed by atoms with van der Waals surface area (Å²) < 4.78 is 6.11. The van der Waals surface area contributed by atoms with E-state index in [-0.39, 0.29) is 0 Å². The summed E-state index contributed by atoms with van der Waals surface area (Å²) >= 11 is 3.58. The zero-order valence-corrected chi connectivity index (χ0v) is 31.0. The number of nitrogens with zero attached hydrogens (tertiary/aromatic N) is 3. The number of hydrogen-bond acceptors (Lipinski definition) is 4. The molecule has 55 heavy (non-hydrogen) atoms. The molecule has 0 bridgehead atoms. The molecule has 0 aliphatic rings. The van der Waals surface area contributed by atoms with E-state index in [0.29, 0.717) is 0 Å².